The molecule has 1 aliphatic heterocycles. The number of aromatic nitrogens is 3. The minimum atomic E-state index is 0.00372. The van der Waals surface area contributed by atoms with Crippen molar-refractivity contribution in [1.29, 1.82) is 0 Å². The highest BCUT2D eigenvalue weighted by Crippen LogP contribution is 2.22. The van der Waals surface area contributed by atoms with E-state index in [0.717, 1.165) is 31.5 Å². The van der Waals surface area contributed by atoms with Crippen LogP contribution in [-0.2, 0) is 12.8 Å². The number of nitrogens with one attached hydrogen (secondary N) is 1. The van der Waals surface area contributed by atoms with Crippen LogP contribution >= 0.6 is 0 Å². The maximum absolute atomic E-state index is 12.4. The molecule has 3 aromatic rings. The van der Waals surface area contributed by atoms with Crippen LogP contribution < -0.4 is 5.32 Å². The predicted octanol–water partition coefficient (Wildman–Crippen LogP) is 2.95. The number of carbonyl (C=O) groups excluding carboxylic acids is 1. The van der Waals surface area contributed by atoms with Crippen molar-refractivity contribution in [3.8, 4) is 11.5 Å². The number of urea groups is 1. The van der Waals surface area contributed by atoms with Gasteiger partial charge in [-0.25, -0.2) is 4.79 Å². The highest BCUT2D eigenvalue weighted by atomic mass is 16.5. The molecule has 3 heterocycles. The molecule has 144 valence electrons. The third-order valence-electron chi connectivity index (χ3n) is 4.97. The summed E-state index contributed by atoms with van der Waals surface area (Å²) in [5.74, 6) is 1.54. The van der Waals surface area contributed by atoms with Crippen LogP contribution in [-0.4, -0.2) is 45.7 Å². The van der Waals surface area contributed by atoms with Gasteiger partial charge in [-0.3, -0.25) is 4.98 Å². The van der Waals surface area contributed by atoms with Crippen molar-refractivity contribution in [2.24, 2.45) is 5.92 Å². The Morgan fingerprint density at radius 2 is 2.00 bits per heavy atom. The van der Waals surface area contributed by atoms with Gasteiger partial charge in [-0.15, -0.1) is 0 Å². The van der Waals surface area contributed by atoms with E-state index in [1.54, 1.807) is 12.4 Å². The summed E-state index contributed by atoms with van der Waals surface area (Å²) < 4.78 is 5.35. The third-order valence-corrected chi connectivity index (χ3v) is 4.97. The van der Waals surface area contributed by atoms with Gasteiger partial charge in [-0.05, 0) is 36.5 Å². The summed E-state index contributed by atoms with van der Waals surface area (Å²) >= 11 is 0. The minimum Gasteiger partial charge on any atom is -0.338 e. The molecule has 0 aliphatic carbocycles. The number of nitrogens with zero attached hydrogens (tertiary/aromatic N) is 4. The molecule has 1 unspecified atom stereocenters. The second kappa shape index (κ2) is 8.65. The molecule has 28 heavy (non-hydrogen) atoms. The number of rotatable bonds is 6. The fourth-order valence-electron chi connectivity index (χ4n) is 3.46. The molecule has 1 saturated heterocycles. The summed E-state index contributed by atoms with van der Waals surface area (Å²) in [5, 5.41) is 7.10. The van der Waals surface area contributed by atoms with Gasteiger partial charge in [0.25, 0.3) is 5.89 Å². The SMILES string of the molecule is O=C(NCCc1ccccc1)N1CCC(Cc2noc(-c3ccncc3)n2)C1. The van der Waals surface area contributed by atoms with E-state index in [1.165, 1.54) is 5.56 Å². The largest absolute Gasteiger partial charge is 0.338 e. The van der Waals surface area contributed by atoms with Crippen LogP contribution in [0.1, 0.15) is 17.8 Å². The summed E-state index contributed by atoms with van der Waals surface area (Å²) in [6.07, 6.45) is 5.90. The van der Waals surface area contributed by atoms with Gasteiger partial charge in [-0.2, -0.15) is 4.98 Å². The molecule has 4 rings (SSSR count). The van der Waals surface area contributed by atoms with Crippen LogP contribution in [0.25, 0.3) is 11.5 Å². The summed E-state index contributed by atoms with van der Waals surface area (Å²) in [7, 11) is 0. The number of hydrogen-bond acceptors (Lipinski definition) is 5. The van der Waals surface area contributed by atoms with Crippen LogP contribution in [0.4, 0.5) is 4.79 Å². The van der Waals surface area contributed by atoms with Crippen LogP contribution in [0.2, 0.25) is 0 Å². The van der Waals surface area contributed by atoms with E-state index >= 15 is 0 Å². The van der Waals surface area contributed by atoms with Gasteiger partial charge in [0, 0.05) is 44.0 Å². The van der Waals surface area contributed by atoms with E-state index in [0.29, 0.717) is 30.6 Å². The number of hydrogen-bond donors (Lipinski definition) is 1. The van der Waals surface area contributed by atoms with Crippen molar-refractivity contribution in [1.82, 2.24) is 25.3 Å². The number of carbonyl (C=O) groups is 1. The van der Waals surface area contributed by atoms with Crippen molar-refractivity contribution in [2.75, 3.05) is 19.6 Å². The van der Waals surface area contributed by atoms with Crippen molar-refractivity contribution in [3.63, 3.8) is 0 Å². The topological polar surface area (TPSA) is 84.2 Å². The number of benzene rings is 1. The van der Waals surface area contributed by atoms with Crippen LogP contribution in [0.3, 0.4) is 0 Å². The lowest BCUT2D eigenvalue weighted by molar-refractivity contribution is 0.207. The standard InChI is InChI=1S/C21H23N5O2/c27-21(23-12-6-16-4-2-1-3-5-16)26-13-9-17(15-26)14-19-24-20(28-25-19)18-7-10-22-11-8-18/h1-5,7-8,10-11,17H,6,9,12-15H2,(H,23,27). The Labute approximate surface area is 163 Å². The van der Waals surface area contributed by atoms with Gasteiger partial charge in [0.05, 0.1) is 0 Å². The molecule has 2 amide bonds. The minimum absolute atomic E-state index is 0.00372. The lowest BCUT2D eigenvalue weighted by Gasteiger charge is -2.17. The van der Waals surface area contributed by atoms with Crippen molar-refractivity contribution < 1.29 is 9.32 Å². The Bertz CT molecular complexity index is 897. The molecule has 0 spiro atoms. The number of pyridine rings is 1. The number of likely N-dealkylation sites (tertiary alicyclic amines) is 1. The molecular formula is C21H23N5O2. The third kappa shape index (κ3) is 4.54. The van der Waals surface area contributed by atoms with E-state index in [2.05, 4.69) is 32.6 Å². The smallest absolute Gasteiger partial charge is 0.317 e. The second-order valence-corrected chi connectivity index (χ2v) is 7.02. The first-order valence-corrected chi connectivity index (χ1v) is 9.57. The Morgan fingerprint density at radius 3 is 2.82 bits per heavy atom. The zero-order valence-electron chi connectivity index (χ0n) is 15.6. The maximum Gasteiger partial charge on any atom is 0.317 e. The molecule has 0 bridgehead atoms. The lowest BCUT2D eigenvalue weighted by atomic mass is 10.1. The first kappa shape index (κ1) is 18.2. The zero-order chi connectivity index (χ0) is 19.2. The molecule has 1 N–H and O–H groups in total. The summed E-state index contributed by atoms with van der Waals surface area (Å²) in [6.45, 7) is 2.12. The fraction of sp³-hybridized carbons (Fsp3) is 0.333. The maximum atomic E-state index is 12.4. The first-order valence-electron chi connectivity index (χ1n) is 9.57. The normalized spacial score (nSPS) is 16.3. The molecule has 0 saturated carbocycles. The Kier molecular flexibility index (Phi) is 5.61. The molecule has 7 nitrogen and oxygen atoms in total. The average molecular weight is 377 g/mol. The molecule has 2 aromatic heterocycles. The quantitative estimate of drug-likeness (QED) is 0.714. The van der Waals surface area contributed by atoms with E-state index in [4.69, 9.17) is 4.52 Å². The highest BCUT2D eigenvalue weighted by Gasteiger charge is 2.27. The molecular weight excluding hydrogens is 354 g/mol. The Morgan fingerprint density at radius 1 is 1.18 bits per heavy atom. The first-order chi connectivity index (χ1) is 13.8. The molecule has 1 atom stereocenters. The second-order valence-electron chi connectivity index (χ2n) is 7.02. The van der Waals surface area contributed by atoms with Crippen LogP contribution in [0.5, 0.6) is 0 Å². The van der Waals surface area contributed by atoms with E-state index < -0.39 is 0 Å². The molecule has 1 fully saturated rings. The lowest BCUT2D eigenvalue weighted by Crippen LogP contribution is -2.39. The predicted molar refractivity (Wildman–Crippen MR) is 104 cm³/mol. The number of amides is 2. The van der Waals surface area contributed by atoms with E-state index in [-0.39, 0.29) is 6.03 Å². The monoisotopic (exact) mass is 377 g/mol. The fourth-order valence-corrected chi connectivity index (χ4v) is 3.46. The molecule has 7 heteroatoms. The van der Waals surface area contributed by atoms with Crippen molar-refractivity contribution >= 4 is 6.03 Å². The Balaban J connectivity index is 1.24. The molecule has 0 radical (unpaired) electrons. The zero-order valence-corrected chi connectivity index (χ0v) is 15.6. The van der Waals surface area contributed by atoms with Crippen molar-refractivity contribution in [2.45, 2.75) is 19.3 Å². The van der Waals surface area contributed by atoms with E-state index in [1.807, 2.05) is 35.2 Å². The highest BCUT2D eigenvalue weighted by molar-refractivity contribution is 5.74. The van der Waals surface area contributed by atoms with Gasteiger partial charge in [0.2, 0.25) is 0 Å². The average Bonchev–Trinajstić information content (AvgIpc) is 3.40. The summed E-state index contributed by atoms with van der Waals surface area (Å²) in [5.41, 5.74) is 2.09. The van der Waals surface area contributed by atoms with Gasteiger partial charge in [0.1, 0.15) is 0 Å². The summed E-state index contributed by atoms with van der Waals surface area (Å²) in [4.78, 5) is 22.7. The van der Waals surface area contributed by atoms with Gasteiger partial charge < -0.3 is 14.7 Å². The van der Waals surface area contributed by atoms with Crippen LogP contribution in [0, 0.1) is 5.92 Å². The molecule has 1 aliphatic rings. The van der Waals surface area contributed by atoms with E-state index in [9.17, 15) is 4.79 Å². The van der Waals surface area contributed by atoms with Gasteiger partial charge in [-0.1, -0.05) is 35.5 Å². The van der Waals surface area contributed by atoms with Gasteiger partial charge >= 0.3 is 6.03 Å². The van der Waals surface area contributed by atoms with Gasteiger partial charge in [0.15, 0.2) is 5.82 Å². The summed E-state index contributed by atoms with van der Waals surface area (Å²) in [6, 6.07) is 13.9. The molecule has 1 aromatic carbocycles. The van der Waals surface area contributed by atoms with Crippen molar-refractivity contribution in [3.05, 3.63) is 66.2 Å². The Hall–Kier alpha value is -3.22. The van der Waals surface area contributed by atoms with Crippen LogP contribution in [0.15, 0.2) is 59.4 Å².